The van der Waals surface area contributed by atoms with Crippen molar-refractivity contribution >= 4 is 35.2 Å². The lowest BCUT2D eigenvalue weighted by Gasteiger charge is -2.08. The molecule has 1 amide bonds. The molecule has 0 fully saturated rings. The number of hydrogen-bond acceptors (Lipinski definition) is 4. The van der Waals surface area contributed by atoms with Gasteiger partial charge in [-0.3, -0.25) is 4.79 Å². The van der Waals surface area contributed by atoms with Gasteiger partial charge >= 0.3 is 5.97 Å². The second kappa shape index (κ2) is 9.63. The van der Waals surface area contributed by atoms with Gasteiger partial charge in [0.2, 0.25) is 5.91 Å². The highest BCUT2D eigenvalue weighted by Crippen LogP contribution is 2.24. The third-order valence-electron chi connectivity index (χ3n) is 3.44. The second-order valence-corrected chi connectivity index (χ2v) is 5.80. The Morgan fingerprint density at radius 2 is 1.96 bits per heavy atom. The number of para-hydroxylation sites is 1. The van der Waals surface area contributed by atoms with Crippen LogP contribution in [0.15, 0.2) is 48.5 Å². The van der Waals surface area contributed by atoms with E-state index in [0.717, 1.165) is 12.0 Å². The van der Waals surface area contributed by atoms with E-state index in [9.17, 15) is 9.59 Å². The van der Waals surface area contributed by atoms with E-state index < -0.39 is 5.97 Å². The Bertz CT molecular complexity index is 817. The van der Waals surface area contributed by atoms with Crippen LogP contribution in [0.1, 0.15) is 29.3 Å². The van der Waals surface area contributed by atoms with Crippen molar-refractivity contribution in [1.29, 1.82) is 0 Å². The Hall–Kier alpha value is -2.79. The summed E-state index contributed by atoms with van der Waals surface area (Å²) in [7, 11) is 1.29. The molecule has 0 saturated heterocycles. The Balaban J connectivity index is 2.12. The van der Waals surface area contributed by atoms with Crippen LogP contribution in [-0.4, -0.2) is 25.6 Å². The van der Waals surface area contributed by atoms with E-state index >= 15 is 0 Å². The predicted octanol–water partition coefficient (Wildman–Crippen LogP) is 4.57. The number of benzene rings is 2. The highest BCUT2D eigenvalue weighted by molar-refractivity contribution is 6.34. The predicted molar refractivity (Wildman–Crippen MR) is 103 cm³/mol. The van der Waals surface area contributed by atoms with Gasteiger partial charge in [-0.15, -0.1) is 0 Å². The minimum Gasteiger partial charge on any atom is -0.493 e. The number of methoxy groups -OCH3 is 1. The van der Waals surface area contributed by atoms with Crippen molar-refractivity contribution in [1.82, 2.24) is 0 Å². The van der Waals surface area contributed by atoms with Crippen molar-refractivity contribution in [2.75, 3.05) is 19.0 Å². The SMILES string of the molecule is CCCOc1ccccc1/C=C/C(=O)Nc1cc(C(=O)OC)ccc1Cl. The van der Waals surface area contributed by atoms with E-state index in [1.165, 1.54) is 31.4 Å². The average molecular weight is 374 g/mol. The molecule has 0 unspecified atom stereocenters. The standard InChI is InChI=1S/C20H20ClNO4/c1-3-12-26-18-7-5-4-6-14(18)9-11-19(23)22-17-13-15(20(24)25-2)8-10-16(17)21/h4-11,13H,3,12H2,1-2H3,(H,22,23)/b11-9+. The van der Waals surface area contributed by atoms with Crippen molar-refractivity contribution in [3.8, 4) is 5.75 Å². The van der Waals surface area contributed by atoms with Gasteiger partial charge in [-0.1, -0.05) is 36.7 Å². The van der Waals surface area contributed by atoms with Gasteiger partial charge in [-0.05, 0) is 36.8 Å². The smallest absolute Gasteiger partial charge is 0.337 e. The lowest BCUT2D eigenvalue weighted by Crippen LogP contribution is -2.10. The fourth-order valence-electron chi connectivity index (χ4n) is 2.17. The third kappa shape index (κ3) is 5.36. The van der Waals surface area contributed by atoms with E-state index in [1.807, 2.05) is 31.2 Å². The zero-order valence-electron chi connectivity index (χ0n) is 14.6. The lowest BCUT2D eigenvalue weighted by molar-refractivity contribution is -0.111. The number of carbonyl (C=O) groups is 2. The van der Waals surface area contributed by atoms with Crippen LogP contribution in [0.3, 0.4) is 0 Å². The first-order valence-electron chi connectivity index (χ1n) is 8.14. The molecule has 0 aliphatic heterocycles. The first kappa shape index (κ1) is 19.5. The van der Waals surface area contributed by atoms with Crippen LogP contribution in [0.5, 0.6) is 5.75 Å². The van der Waals surface area contributed by atoms with Gasteiger partial charge in [0.1, 0.15) is 5.75 Å². The Morgan fingerprint density at radius 3 is 2.69 bits per heavy atom. The van der Waals surface area contributed by atoms with E-state index in [0.29, 0.717) is 28.6 Å². The van der Waals surface area contributed by atoms with Crippen LogP contribution in [0.2, 0.25) is 5.02 Å². The van der Waals surface area contributed by atoms with E-state index in [2.05, 4.69) is 10.1 Å². The molecule has 0 bridgehead atoms. The number of nitrogens with one attached hydrogen (secondary N) is 1. The highest BCUT2D eigenvalue weighted by Gasteiger charge is 2.10. The van der Waals surface area contributed by atoms with Crippen LogP contribution < -0.4 is 10.1 Å². The maximum atomic E-state index is 12.2. The number of hydrogen-bond donors (Lipinski definition) is 1. The maximum Gasteiger partial charge on any atom is 0.337 e. The summed E-state index contributed by atoms with van der Waals surface area (Å²) in [6, 6.07) is 12.0. The van der Waals surface area contributed by atoms with Crippen LogP contribution in [-0.2, 0) is 9.53 Å². The molecule has 2 aromatic carbocycles. The molecule has 2 aromatic rings. The average Bonchev–Trinajstić information content (AvgIpc) is 2.66. The molecule has 1 N–H and O–H groups in total. The molecule has 26 heavy (non-hydrogen) atoms. The zero-order valence-corrected chi connectivity index (χ0v) is 15.4. The molecule has 0 aliphatic rings. The maximum absolute atomic E-state index is 12.2. The summed E-state index contributed by atoms with van der Waals surface area (Å²) in [5.41, 5.74) is 1.43. The van der Waals surface area contributed by atoms with E-state index in [1.54, 1.807) is 6.08 Å². The molecule has 0 aromatic heterocycles. The number of halogens is 1. The molecule has 2 rings (SSSR count). The molecule has 0 saturated carbocycles. The summed E-state index contributed by atoms with van der Waals surface area (Å²) in [6.07, 6.45) is 3.95. The summed E-state index contributed by atoms with van der Waals surface area (Å²) in [5.74, 6) is -0.168. The third-order valence-corrected chi connectivity index (χ3v) is 3.77. The number of ether oxygens (including phenoxy) is 2. The van der Waals surface area contributed by atoms with Crippen molar-refractivity contribution in [3.05, 3.63) is 64.7 Å². The molecule has 0 radical (unpaired) electrons. The van der Waals surface area contributed by atoms with Crippen LogP contribution in [0.4, 0.5) is 5.69 Å². The number of carbonyl (C=O) groups excluding carboxylic acids is 2. The van der Waals surface area contributed by atoms with Crippen LogP contribution in [0.25, 0.3) is 6.08 Å². The second-order valence-electron chi connectivity index (χ2n) is 5.40. The Labute approximate surface area is 157 Å². The van der Waals surface area contributed by atoms with Gasteiger partial charge in [0.25, 0.3) is 0 Å². The quantitative estimate of drug-likeness (QED) is 0.570. The fraction of sp³-hybridized carbons (Fsp3) is 0.200. The number of esters is 1. The molecule has 0 aliphatic carbocycles. The molecular weight excluding hydrogens is 354 g/mol. The first-order chi connectivity index (χ1) is 12.5. The van der Waals surface area contributed by atoms with Gasteiger partial charge in [0.05, 0.1) is 30.0 Å². The summed E-state index contributed by atoms with van der Waals surface area (Å²) in [5, 5.41) is 2.98. The molecule has 5 nitrogen and oxygen atoms in total. The zero-order chi connectivity index (χ0) is 18.9. The van der Waals surface area contributed by atoms with E-state index in [4.69, 9.17) is 16.3 Å². The molecule has 0 heterocycles. The van der Waals surface area contributed by atoms with Crippen molar-refractivity contribution in [2.45, 2.75) is 13.3 Å². The first-order valence-corrected chi connectivity index (χ1v) is 8.51. The summed E-state index contributed by atoms with van der Waals surface area (Å²) in [4.78, 5) is 23.8. The van der Waals surface area contributed by atoms with Crippen molar-refractivity contribution in [3.63, 3.8) is 0 Å². The summed E-state index contributed by atoms with van der Waals surface area (Å²) >= 11 is 6.08. The van der Waals surface area contributed by atoms with Crippen LogP contribution in [0, 0.1) is 0 Å². The van der Waals surface area contributed by atoms with Crippen molar-refractivity contribution in [2.24, 2.45) is 0 Å². The molecule has 136 valence electrons. The topological polar surface area (TPSA) is 64.6 Å². The molecule has 0 atom stereocenters. The van der Waals surface area contributed by atoms with Gasteiger partial charge in [0.15, 0.2) is 0 Å². The summed E-state index contributed by atoms with van der Waals surface area (Å²) < 4.78 is 10.3. The normalized spacial score (nSPS) is 10.6. The minimum absolute atomic E-state index is 0.300. The van der Waals surface area contributed by atoms with Gasteiger partial charge in [0, 0.05) is 11.6 Å². The van der Waals surface area contributed by atoms with Gasteiger partial charge < -0.3 is 14.8 Å². The van der Waals surface area contributed by atoms with Gasteiger partial charge in [-0.25, -0.2) is 4.79 Å². The Kier molecular flexibility index (Phi) is 7.24. The van der Waals surface area contributed by atoms with E-state index in [-0.39, 0.29) is 5.91 Å². The monoisotopic (exact) mass is 373 g/mol. The largest absolute Gasteiger partial charge is 0.493 e. The number of amides is 1. The van der Waals surface area contributed by atoms with Gasteiger partial charge in [-0.2, -0.15) is 0 Å². The van der Waals surface area contributed by atoms with Crippen LogP contribution >= 0.6 is 11.6 Å². The fourth-order valence-corrected chi connectivity index (χ4v) is 2.33. The summed E-state index contributed by atoms with van der Waals surface area (Å²) in [6.45, 7) is 2.63. The number of anilines is 1. The minimum atomic E-state index is -0.505. The molecule has 6 heteroatoms. The Morgan fingerprint density at radius 1 is 1.19 bits per heavy atom. The molecular formula is C20H20ClNO4. The highest BCUT2D eigenvalue weighted by atomic mass is 35.5. The lowest BCUT2D eigenvalue weighted by atomic mass is 10.1. The number of rotatable bonds is 7. The van der Waals surface area contributed by atoms with Crippen molar-refractivity contribution < 1.29 is 19.1 Å². The molecule has 0 spiro atoms.